The average Bonchev–Trinajstić information content (AvgIpc) is 1.55. The van der Waals surface area contributed by atoms with Gasteiger partial charge in [0.25, 0.3) is 11.8 Å². The van der Waals surface area contributed by atoms with Gasteiger partial charge in [0.05, 0.1) is 68.7 Å². The predicted octanol–water partition coefficient (Wildman–Crippen LogP) is 8.93. The maximum absolute atomic E-state index is 14.5. The van der Waals surface area contributed by atoms with Gasteiger partial charge in [-0.1, -0.05) is 86.1 Å². The third kappa shape index (κ3) is 19.3. The Hall–Kier alpha value is -10.5. The molecule has 0 unspecified atom stereocenters. The van der Waals surface area contributed by atoms with Crippen LogP contribution in [0.2, 0.25) is 5.02 Å². The number of benzene rings is 5. The minimum absolute atomic E-state index is 0.0229. The standard InChI is InChI=1S/C74H80ClFN12O13S/c1-45(2)66(85-60(89)29-38-98-39-35-87-61(90)26-27-62(87)91)70(93)84-55(13-10-30-79-74(77)96)69(92)83-51-22-16-47(17-23-51)42-88(4)36-32-86(33-37-88)34-40-99-58-25-24-53(46(3)65(58)75)63-64-71(80-44-81-72(64)102-67(63)48-18-20-50(76)21-19-48)101-59(73(94)95)41-49-11-6-8-14-56(49)100-43-52-28-31-78-68(82-52)54-12-7-9-15-57(54)97-5/h6-9,11-12,14-28,31,44-45,55,59,66H,10,13,29-30,32-43H2,1-5H3,(H6-,77,79,83,84,85,89,92,93,94,95,96)/p+1/t55-,59+,66-/m0/s1. The topological polar surface area (TPSA) is 318 Å². The summed E-state index contributed by atoms with van der Waals surface area (Å²) in [5.74, 6) is -2.43. The van der Waals surface area contributed by atoms with Crippen molar-refractivity contribution in [3.63, 3.8) is 0 Å². The lowest BCUT2D eigenvalue weighted by molar-refractivity contribution is -0.926. The van der Waals surface area contributed by atoms with Crippen LogP contribution < -0.4 is 45.9 Å². The summed E-state index contributed by atoms with van der Waals surface area (Å²) >= 11 is 8.57. The molecular weight excluding hydrogens is 1350 g/mol. The van der Waals surface area contributed by atoms with E-state index in [2.05, 4.69) is 48.2 Å². The number of hydrogen-bond donors (Lipinski definition) is 6. The number of urea groups is 1. The molecule has 102 heavy (non-hydrogen) atoms. The van der Waals surface area contributed by atoms with Crippen LogP contribution in [0.3, 0.4) is 0 Å². The number of carboxylic acid groups (broad SMARTS) is 1. The van der Waals surface area contributed by atoms with Crippen molar-refractivity contribution in [2.24, 2.45) is 11.7 Å². The van der Waals surface area contributed by atoms with E-state index in [9.17, 15) is 43.1 Å². The highest BCUT2D eigenvalue weighted by Crippen LogP contribution is 2.50. The number of carboxylic acids is 1. The van der Waals surface area contributed by atoms with Gasteiger partial charge in [-0.25, -0.2) is 33.9 Å². The van der Waals surface area contributed by atoms with Gasteiger partial charge in [0.1, 0.15) is 66.1 Å². The van der Waals surface area contributed by atoms with E-state index >= 15 is 0 Å². The number of amides is 7. The fraction of sp³-hybridized carbons (Fsp3) is 0.338. The Labute approximate surface area is 598 Å². The van der Waals surface area contributed by atoms with Gasteiger partial charge >= 0.3 is 12.0 Å². The third-order valence-electron chi connectivity index (χ3n) is 17.6. The molecule has 0 radical (unpaired) electrons. The summed E-state index contributed by atoms with van der Waals surface area (Å²) in [5, 5.41) is 22.6. The molecule has 25 nitrogen and oxygen atoms in total. The largest absolute Gasteiger partial charge is 0.496 e. The van der Waals surface area contributed by atoms with Gasteiger partial charge in [-0.2, -0.15) is 0 Å². The molecule has 8 aromatic rings. The number of primary amides is 1. The Kier molecular flexibility index (Phi) is 25.3. The molecule has 10 rings (SSSR count). The molecule has 0 aliphatic carbocycles. The number of para-hydroxylation sites is 2. The number of ether oxygens (including phenoxy) is 5. The number of fused-ring (bicyclic) bond motifs is 1. The summed E-state index contributed by atoms with van der Waals surface area (Å²) in [6.07, 6.45) is 4.11. The first-order valence-corrected chi connectivity index (χ1v) is 34.5. The number of carbonyl (C=O) groups is 7. The van der Waals surface area contributed by atoms with Gasteiger partial charge in [0.15, 0.2) is 5.82 Å². The van der Waals surface area contributed by atoms with E-state index in [4.69, 9.17) is 46.0 Å². The molecule has 2 aliphatic heterocycles. The summed E-state index contributed by atoms with van der Waals surface area (Å²) in [7, 11) is 3.79. The normalized spacial score (nSPS) is 14.5. The van der Waals surface area contributed by atoms with Gasteiger partial charge in [-0.3, -0.25) is 33.8 Å². The fourth-order valence-electron chi connectivity index (χ4n) is 11.9. The molecule has 1 fully saturated rings. The van der Waals surface area contributed by atoms with E-state index in [-0.39, 0.29) is 64.0 Å². The SMILES string of the molecule is COc1ccccc1-c1nccc(COc2ccccc2C[C@@H](Oc2ncnc3sc(-c4ccc(F)cc4)c(-c4ccc(OCCN5CC[N+](C)(Cc6ccc(NC(=O)[C@H](CCCNC(N)=O)NC(=O)[C@@H](NC(=O)CCOCCN7C(=O)C=CC7=O)C(C)C)cc6)CC5)c(Cl)c4C)c23)C(=O)O)n1. The number of carbonyl (C=O) groups excluding carboxylic acids is 6. The number of piperazine rings is 1. The van der Waals surface area contributed by atoms with Gasteiger partial charge in [-0.15, -0.1) is 11.3 Å². The molecule has 0 saturated carbocycles. The van der Waals surface area contributed by atoms with E-state index in [1.165, 1.54) is 41.9 Å². The van der Waals surface area contributed by atoms with E-state index in [1.54, 1.807) is 75.7 Å². The maximum Gasteiger partial charge on any atom is 0.345 e. The van der Waals surface area contributed by atoms with Crippen molar-refractivity contribution in [1.82, 2.24) is 45.7 Å². The molecule has 7 N–H and O–H groups in total. The number of imide groups is 1. The summed E-state index contributed by atoms with van der Waals surface area (Å²) in [4.78, 5) is 112. The molecule has 28 heteroatoms. The highest BCUT2D eigenvalue weighted by Gasteiger charge is 2.33. The van der Waals surface area contributed by atoms with Crippen LogP contribution in [-0.2, 0) is 53.1 Å². The van der Waals surface area contributed by atoms with E-state index in [0.717, 1.165) is 47.7 Å². The van der Waals surface area contributed by atoms with Crippen LogP contribution in [0, 0.1) is 18.7 Å². The number of aliphatic carboxylic acids is 1. The van der Waals surface area contributed by atoms with Crippen LogP contribution in [0.25, 0.3) is 43.2 Å². The highest BCUT2D eigenvalue weighted by atomic mass is 35.5. The second kappa shape index (κ2) is 34.8. The van der Waals surface area contributed by atoms with Crippen molar-refractivity contribution in [3.05, 3.63) is 173 Å². The quantitative estimate of drug-likeness (QED) is 0.0124. The molecule has 3 atom stereocenters. The lowest BCUT2D eigenvalue weighted by Gasteiger charge is -2.42. The molecule has 534 valence electrons. The highest BCUT2D eigenvalue weighted by molar-refractivity contribution is 7.22. The first kappa shape index (κ1) is 74.2. The van der Waals surface area contributed by atoms with Crippen molar-refractivity contribution in [2.75, 3.05) is 85.1 Å². The van der Waals surface area contributed by atoms with Crippen molar-refractivity contribution >= 4 is 80.4 Å². The van der Waals surface area contributed by atoms with Gasteiger partial charge in [0, 0.05) is 79.1 Å². The lowest BCUT2D eigenvalue weighted by Crippen LogP contribution is -2.57. The zero-order valence-corrected chi connectivity index (χ0v) is 58.7. The number of quaternary nitrogens is 1. The van der Waals surface area contributed by atoms with Crippen molar-refractivity contribution in [3.8, 4) is 56.1 Å². The summed E-state index contributed by atoms with van der Waals surface area (Å²) in [5.41, 5.74) is 11.3. The zero-order valence-electron chi connectivity index (χ0n) is 57.1. The van der Waals surface area contributed by atoms with E-state index < -0.39 is 65.5 Å². The summed E-state index contributed by atoms with van der Waals surface area (Å²) in [6, 6.07) is 30.8. The Balaban J connectivity index is 0.742. The van der Waals surface area contributed by atoms with Gasteiger partial charge in [-0.05, 0) is 103 Å². The minimum atomic E-state index is -1.44. The smallest absolute Gasteiger partial charge is 0.345 e. The Morgan fingerprint density at radius 2 is 1.53 bits per heavy atom. The number of nitrogens with one attached hydrogen (secondary N) is 4. The summed E-state index contributed by atoms with van der Waals surface area (Å²) in [6.45, 7) is 10.6. The number of rotatable bonds is 34. The molecule has 1 saturated heterocycles. The van der Waals surface area contributed by atoms with E-state index in [0.29, 0.717) is 108 Å². The summed E-state index contributed by atoms with van der Waals surface area (Å²) < 4.78 is 45.4. The third-order valence-corrected chi connectivity index (χ3v) is 19.2. The Morgan fingerprint density at radius 3 is 2.25 bits per heavy atom. The van der Waals surface area contributed by atoms with Crippen molar-refractivity contribution in [2.45, 2.75) is 77.8 Å². The number of aromatic nitrogens is 4. The van der Waals surface area contributed by atoms with Crippen molar-refractivity contribution < 1.29 is 71.2 Å². The van der Waals surface area contributed by atoms with Gasteiger partial charge < -0.3 is 60.3 Å². The van der Waals surface area contributed by atoms with Crippen molar-refractivity contribution in [1.29, 1.82) is 0 Å². The molecule has 0 bridgehead atoms. The van der Waals surface area contributed by atoms with Crippen LogP contribution in [0.1, 0.15) is 55.5 Å². The molecular formula is C74H81ClFN12O13S+. The molecule has 5 heterocycles. The molecule has 7 amide bonds. The van der Waals surface area contributed by atoms with Crippen LogP contribution in [0.15, 0.2) is 140 Å². The first-order chi connectivity index (χ1) is 49.1. The lowest BCUT2D eigenvalue weighted by atomic mass is 9.96. The fourth-order valence-corrected chi connectivity index (χ4v) is 13.3. The number of hydrogen-bond acceptors (Lipinski definition) is 18. The Morgan fingerprint density at radius 1 is 0.804 bits per heavy atom. The number of thiophene rings is 1. The van der Waals surface area contributed by atoms with Crippen LogP contribution in [-0.4, -0.2) is 179 Å². The number of anilines is 1. The Bertz CT molecular complexity index is 4350. The monoisotopic (exact) mass is 1430 g/mol. The number of nitrogens with zero attached hydrogens (tertiary/aromatic N) is 7. The van der Waals surface area contributed by atoms with Crippen LogP contribution >= 0.6 is 22.9 Å². The van der Waals surface area contributed by atoms with Crippen LogP contribution in [0.5, 0.6) is 23.1 Å². The number of nitrogens with two attached hydrogens (primary N) is 1. The first-order valence-electron chi connectivity index (χ1n) is 33.3. The average molecular weight is 1430 g/mol. The minimum Gasteiger partial charge on any atom is -0.496 e. The predicted molar refractivity (Wildman–Crippen MR) is 382 cm³/mol. The molecule has 2 aliphatic rings. The second-order valence-electron chi connectivity index (χ2n) is 25.2. The van der Waals surface area contributed by atoms with E-state index in [1.807, 2.05) is 61.5 Å². The molecule has 0 spiro atoms. The zero-order chi connectivity index (χ0) is 72.5. The molecule has 3 aromatic heterocycles. The maximum atomic E-state index is 14.5. The number of likely N-dealkylation sites (N-methyl/N-ethyl adjacent to an activating group) is 1. The second-order valence-corrected chi connectivity index (χ2v) is 26.6. The van der Waals surface area contributed by atoms with Crippen LogP contribution in [0.4, 0.5) is 14.9 Å². The number of halogens is 2. The van der Waals surface area contributed by atoms with Gasteiger partial charge in [0.2, 0.25) is 29.7 Å². The number of methoxy groups -OCH3 is 1. The molecule has 5 aromatic carbocycles.